The molecule has 0 aromatic carbocycles. The zero-order chi connectivity index (χ0) is 17.6. The van der Waals surface area contributed by atoms with E-state index in [0.29, 0.717) is 24.1 Å². The third-order valence-corrected chi connectivity index (χ3v) is 5.27. The van der Waals surface area contributed by atoms with Crippen molar-refractivity contribution in [2.75, 3.05) is 52.9 Å². The van der Waals surface area contributed by atoms with Gasteiger partial charge in [0.05, 0.1) is 6.61 Å². The lowest BCUT2D eigenvalue weighted by Gasteiger charge is -2.39. The second-order valence-corrected chi connectivity index (χ2v) is 7.03. The molecular weight excluding hydrogens is 316 g/mol. The molecule has 0 spiro atoms. The fraction of sp³-hybridized carbons (Fsp3) is 0.684. The minimum Gasteiger partial charge on any atom is -0.477 e. The van der Waals surface area contributed by atoms with Gasteiger partial charge in [-0.3, -0.25) is 9.69 Å². The molecule has 2 fully saturated rings. The van der Waals surface area contributed by atoms with Crippen LogP contribution in [0, 0.1) is 0 Å². The van der Waals surface area contributed by atoms with E-state index in [-0.39, 0.29) is 5.91 Å². The van der Waals surface area contributed by atoms with Gasteiger partial charge >= 0.3 is 0 Å². The van der Waals surface area contributed by atoms with E-state index in [1.807, 2.05) is 24.0 Å². The van der Waals surface area contributed by atoms with E-state index in [4.69, 9.17) is 4.74 Å². The first-order valence-electron chi connectivity index (χ1n) is 9.48. The van der Waals surface area contributed by atoms with Crippen LogP contribution in [0.4, 0.5) is 0 Å². The van der Waals surface area contributed by atoms with Gasteiger partial charge in [0.1, 0.15) is 5.56 Å². The average molecular weight is 346 g/mol. The molecule has 0 radical (unpaired) electrons. The van der Waals surface area contributed by atoms with Gasteiger partial charge in [0.15, 0.2) is 0 Å². The van der Waals surface area contributed by atoms with Crippen molar-refractivity contribution in [1.29, 1.82) is 0 Å². The smallest absolute Gasteiger partial charge is 0.259 e. The van der Waals surface area contributed by atoms with Crippen LogP contribution in [0.15, 0.2) is 18.3 Å². The molecule has 1 amide bonds. The highest BCUT2D eigenvalue weighted by molar-refractivity contribution is 5.96. The summed E-state index contributed by atoms with van der Waals surface area (Å²) in [5, 5.41) is 0. The van der Waals surface area contributed by atoms with Crippen LogP contribution >= 0.6 is 0 Å². The normalized spacial score (nSPS) is 23.3. The van der Waals surface area contributed by atoms with E-state index in [1.54, 1.807) is 6.20 Å². The van der Waals surface area contributed by atoms with E-state index in [1.165, 1.54) is 12.8 Å². The summed E-state index contributed by atoms with van der Waals surface area (Å²) < 4.78 is 5.56. The predicted octanol–water partition coefficient (Wildman–Crippen LogP) is 1.72. The molecule has 0 bridgehead atoms. The summed E-state index contributed by atoms with van der Waals surface area (Å²) >= 11 is 0. The van der Waals surface area contributed by atoms with E-state index in [0.717, 1.165) is 45.7 Å². The van der Waals surface area contributed by atoms with E-state index in [2.05, 4.69) is 21.8 Å². The van der Waals surface area contributed by atoms with Gasteiger partial charge in [0, 0.05) is 51.5 Å². The number of carbonyl (C=O) groups excluding carboxylic acids is 1. The number of aromatic nitrogens is 1. The number of nitrogens with zero attached hydrogens (tertiary/aromatic N) is 4. The number of hydrogen-bond donors (Lipinski definition) is 0. The highest BCUT2D eigenvalue weighted by Crippen LogP contribution is 2.22. The molecule has 1 aromatic rings. The molecular formula is C19H30N4O2. The van der Waals surface area contributed by atoms with Crippen molar-refractivity contribution in [2.45, 2.75) is 32.2 Å². The van der Waals surface area contributed by atoms with E-state index in [9.17, 15) is 4.79 Å². The third-order valence-electron chi connectivity index (χ3n) is 5.27. The summed E-state index contributed by atoms with van der Waals surface area (Å²) in [4.78, 5) is 24.3. The molecule has 2 saturated heterocycles. The Kier molecular flexibility index (Phi) is 6.26. The minimum absolute atomic E-state index is 0.0533. The van der Waals surface area contributed by atoms with Crippen molar-refractivity contribution in [3.05, 3.63) is 23.9 Å². The summed E-state index contributed by atoms with van der Waals surface area (Å²) in [6.07, 6.45) is 5.11. The summed E-state index contributed by atoms with van der Waals surface area (Å²) in [5.74, 6) is 0.507. The van der Waals surface area contributed by atoms with Crippen LogP contribution in [0.2, 0.25) is 0 Å². The first kappa shape index (κ1) is 18.1. The fourth-order valence-corrected chi connectivity index (χ4v) is 3.76. The number of pyridine rings is 1. The summed E-state index contributed by atoms with van der Waals surface area (Å²) in [5.41, 5.74) is 0.586. The Morgan fingerprint density at radius 3 is 2.80 bits per heavy atom. The molecule has 6 heteroatoms. The second-order valence-electron chi connectivity index (χ2n) is 7.03. The van der Waals surface area contributed by atoms with Crippen molar-refractivity contribution < 1.29 is 9.53 Å². The maximum Gasteiger partial charge on any atom is 0.259 e. The quantitative estimate of drug-likeness (QED) is 0.831. The van der Waals surface area contributed by atoms with Crippen molar-refractivity contribution in [3.8, 4) is 5.88 Å². The lowest BCUT2D eigenvalue weighted by molar-refractivity contribution is 0.0627. The van der Waals surface area contributed by atoms with E-state index < -0.39 is 0 Å². The highest BCUT2D eigenvalue weighted by atomic mass is 16.5. The van der Waals surface area contributed by atoms with Crippen molar-refractivity contribution in [1.82, 2.24) is 19.7 Å². The Morgan fingerprint density at radius 1 is 1.24 bits per heavy atom. The van der Waals surface area contributed by atoms with Crippen LogP contribution in [0.5, 0.6) is 5.88 Å². The van der Waals surface area contributed by atoms with Gasteiger partial charge in [-0.2, -0.15) is 0 Å². The Hall–Kier alpha value is -1.66. The molecule has 2 aliphatic rings. The molecule has 1 atom stereocenters. The number of ether oxygens (including phenoxy) is 1. The van der Waals surface area contributed by atoms with Gasteiger partial charge in [-0.1, -0.05) is 6.42 Å². The molecule has 0 saturated carbocycles. The van der Waals surface area contributed by atoms with Crippen molar-refractivity contribution >= 4 is 5.91 Å². The van der Waals surface area contributed by atoms with Gasteiger partial charge < -0.3 is 14.5 Å². The molecule has 0 N–H and O–H groups in total. The van der Waals surface area contributed by atoms with Gasteiger partial charge in [-0.15, -0.1) is 0 Å². The molecule has 0 aliphatic carbocycles. The van der Waals surface area contributed by atoms with Gasteiger partial charge in [0.2, 0.25) is 5.88 Å². The second kappa shape index (κ2) is 8.63. The molecule has 3 heterocycles. The predicted molar refractivity (Wildman–Crippen MR) is 98.0 cm³/mol. The molecule has 0 unspecified atom stereocenters. The minimum atomic E-state index is 0.0533. The van der Waals surface area contributed by atoms with Crippen LogP contribution in [0.25, 0.3) is 0 Å². The summed E-state index contributed by atoms with van der Waals surface area (Å²) in [6, 6.07) is 4.11. The van der Waals surface area contributed by atoms with Crippen LogP contribution in [0.3, 0.4) is 0 Å². The molecule has 6 nitrogen and oxygen atoms in total. The molecule has 3 rings (SSSR count). The fourth-order valence-electron chi connectivity index (χ4n) is 3.76. The van der Waals surface area contributed by atoms with Crippen molar-refractivity contribution in [3.63, 3.8) is 0 Å². The van der Waals surface area contributed by atoms with Gasteiger partial charge in [0.25, 0.3) is 5.91 Å². The van der Waals surface area contributed by atoms with Crippen LogP contribution in [-0.4, -0.2) is 84.6 Å². The van der Waals surface area contributed by atoms with Crippen LogP contribution < -0.4 is 4.74 Å². The number of amides is 1. The lowest BCUT2D eigenvalue weighted by Crippen LogP contribution is -2.52. The molecule has 2 aliphatic heterocycles. The number of likely N-dealkylation sites (tertiary alicyclic amines) is 1. The summed E-state index contributed by atoms with van der Waals surface area (Å²) in [6.45, 7) is 8.48. The topological polar surface area (TPSA) is 48.9 Å². The van der Waals surface area contributed by atoms with Crippen molar-refractivity contribution in [2.24, 2.45) is 0 Å². The maximum absolute atomic E-state index is 13.1. The first-order chi connectivity index (χ1) is 12.2. The molecule has 25 heavy (non-hydrogen) atoms. The Morgan fingerprint density at radius 2 is 2.04 bits per heavy atom. The lowest BCUT2D eigenvalue weighted by atomic mass is 10.1. The molecule has 1 aromatic heterocycles. The highest BCUT2D eigenvalue weighted by Gasteiger charge is 2.29. The number of likely N-dealkylation sites (N-methyl/N-ethyl adjacent to an activating group) is 1. The Balaban J connectivity index is 1.71. The van der Waals surface area contributed by atoms with Gasteiger partial charge in [-0.25, -0.2) is 4.98 Å². The summed E-state index contributed by atoms with van der Waals surface area (Å²) in [7, 11) is 2.18. The number of rotatable bonds is 4. The zero-order valence-corrected chi connectivity index (χ0v) is 15.5. The monoisotopic (exact) mass is 346 g/mol. The average Bonchev–Trinajstić information content (AvgIpc) is 2.89. The Bertz CT molecular complexity index is 572. The van der Waals surface area contributed by atoms with Crippen LogP contribution in [0.1, 0.15) is 36.5 Å². The molecule has 138 valence electrons. The standard InChI is InChI=1S/C19H30N4O2/c1-3-25-18-17(8-6-9-20-18)19(24)23-10-5-4-7-16(15-23)22-13-11-21(2)12-14-22/h6,8-9,16H,3-5,7,10-15H2,1-2H3/t16-/m0/s1. The zero-order valence-electron chi connectivity index (χ0n) is 15.5. The van der Waals surface area contributed by atoms with Crippen LogP contribution in [-0.2, 0) is 0 Å². The third kappa shape index (κ3) is 4.50. The SMILES string of the molecule is CCOc1ncccc1C(=O)N1CCCC[C@H](N2CCN(C)CC2)C1. The van der Waals surface area contributed by atoms with E-state index >= 15 is 0 Å². The number of hydrogen-bond acceptors (Lipinski definition) is 5. The maximum atomic E-state index is 13.1. The number of piperazine rings is 1. The first-order valence-corrected chi connectivity index (χ1v) is 9.48. The Labute approximate surface area is 150 Å². The van der Waals surface area contributed by atoms with Gasteiger partial charge in [-0.05, 0) is 38.9 Å². The largest absolute Gasteiger partial charge is 0.477 e. The number of carbonyl (C=O) groups is 1.